The maximum absolute atomic E-state index is 11.9. The van der Waals surface area contributed by atoms with Crippen LogP contribution in [-0.2, 0) is 27.4 Å². The molecule has 0 spiro atoms. The molecule has 1 aromatic heterocycles. The Kier molecular flexibility index (Phi) is 9.28. The zero-order valence-electron chi connectivity index (χ0n) is 24.3. The van der Waals surface area contributed by atoms with Gasteiger partial charge in [-0.15, -0.1) is 11.3 Å². The molecule has 0 bridgehead atoms. The van der Waals surface area contributed by atoms with E-state index < -0.39 is 16.1 Å². The summed E-state index contributed by atoms with van der Waals surface area (Å²) in [7, 11) is 0.244. The van der Waals surface area contributed by atoms with Crippen LogP contribution in [0.25, 0.3) is 11.3 Å². The summed E-state index contributed by atoms with van der Waals surface area (Å²) >= 11 is 1.57. The van der Waals surface area contributed by atoms with Crippen molar-refractivity contribution in [3.05, 3.63) is 100 Å². The van der Waals surface area contributed by atoms with Gasteiger partial charge in [-0.1, -0.05) is 67.8 Å². The number of anilines is 2. The Balaban J connectivity index is 1.16. The molecule has 0 N–H and O–H groups in total. The number of carbonyl (C=O) groups is 1. The highest BCUT2D eigenvalue weighted by Crippen LogP contribution is 2.33. The summed E-state index contributed by atoms with van der Waals surface area (Å²) in [5.74, 6) is -0.152. The van der Waals surface area contributed by atoms with Crippen molar-refractivity contribution in [1.82, 2.24) is 4.98 Å². The molecule has 5 rings (SSSR count). The molecule has 1 aliphatic rings. The van der Waals surface area contributed by atoms with E-state index in [0.717, 1.165) is 46.4 Å². The predicted molar refractivity (Wildman–Crippen MR) is 171 cm³/mol. The van der Waals surface area contributed by atoms with E-state index in [2.05, 4.69) is 70.0 Å². The Hall–Kier alpha value is -3.69. The van der Waals surface area contributed by atoms with Crippen molar-refractivity contribution >= 4 is 38.2 Å². The fourth-order valence-electron chi connectivity index (χ4n) is 5.43. The number of benzene rings is 3. The van der Waals surface area contributed by atoms with Gasteiger partial charge >= 0.3 is 16.1 Å². The van der Waals surface area contributed by atoms with Gasteiger partial charge in [-0.05, 0) is 59.7 Å². The van der Waals surface area contributed by atoms with Crippen LogP contribution < -0.4 is 9.80 Å². The molecule has 220 valence electrons. The second-order valence-corrected chi connectivity index (χ2v) is 13.5. The van der Waals surface area contributed by atoms with E-state index in [0.29, 0.717) is 6.54 Å². The average molecular weight is 604 g/mol. The monoisotopic (exact) mass is 603 g/mol. The van der Waals surface area contributed by atoms with Crippen LogP contribution in [0, 0.1) is 0 Å². The number of rotatable bonds is 10. The van der Waals surface area contributed by atoms with Gasteiger partial charge in [-0.25, -0.2) is 9.78 Å². The summed E-state index contributed by atoms with van der Waals surface area (Å²) in [5.41, 5.74) is 7.10. The highest BCUT2D eigenvalue weighted by molar-refractivity contribution is 7.86. The summed E-state index contributed by atoms with van der Waals surface area (Å²) < 4.78 is 26.8. The standard InChI is InChI=1S/C33H37N3O4S2/c1-35(21-24-9-13-27(14-10-24)26-7-5-4-6-8-26)30-19-17-28(18-20-30)31-23-41-33(34-31)36(2)22-25-11-15-29(16-12-25)32(37)40-42(3,38)39/h9-20,23,26H,4-8,21-22H2,1-3H3. The lowest BCUT2D eigenvalue weighted by Crippen LogP contribution is -2.16. The Morgan fingerprint density at radius 1 is 0.857 bits per heavy atom. The molecule has 1 aliphatic carbocycles. The first-order valence-corrected chi connectivity index (χ1v) is 16.9. The van der Waals surface area contributed by atoms with Crippen LogP contribution in [0.15, 0.2) is 78.2 Å². The fourth-order valence-corrected chi connectivity index (χ4v) is 6.60. The van der Waals surface area contributed by atoms with Crippen molar-refractivity contribution in [2.24, 2.45) is 0 Å². The SMILES string of the molecule is CN(Cc1ccc(C2CCCCC2)cc1)c1ccc(-c2csc(N(C)Cc3ccc(C(=O)OS(C)(=O)=O)cc3)n2)cc1. The zero-order valence-corrected chi connectivity index (χ0v) is 26.0. The lowest BCUT2D eigenvalue weighted by atomic mass is 9.84. The first-order chi connectivity index (χ1) is 20.1. The lowest BCUT2D eigenvalue weighted by Gasteiger charge is -2.23. The smallest absolute Gasteiger partial charge is 0.353 e. The molecule has 1 saturated carbocycles. The number of aromatic nitrogens is 1. The summed E-state index contributed by atoms with van der Waals surface area (Å²) in [6.45, 7) is 1.44. The van der Waals surface area contributed by atoms with Crippen molar-refractivity contribution in [3.8, 4) is 11.3 Å². The normalized spacial score (nSPS) is 14.0. The Labute approximate surface area is 252 Å². The largest absolute Gasteiger partial charge is 0.370 e. The molecule has 1 heterocycles. The third-order valence-corrected chi connectivity index (χ3v) is 9.14. The third-order valence-electron chi connectivity index (χ3n) is 7.73. The quantitative estimate of drug-likeness (QED) is 0.177. The first kappa shape index (κ1) is 29.8. The zero-order chi connectivity index (χ0) is 29.7. The maximum atomic E-state index is 11.9. The van der Waals surface area contributed by atoms with Gasteiger partial charge in [-0.3, -0.25) is 0 Å². The van der Waals surface area contributed by atoms with E-state index in [4.69, 9.17) is 4.98 Å². The van der Waals surface area contributed by atoms with Crippen molar-refractivity contribution in [1.29, 1.82) is 0 Å². The van der Waals surface area contributed by atoms with E-state index in [9.17, 15) is 13.2 Å². The first-order valence-electron chi connectivity index (χ1n) is 14.2. The number of carbonyl (C=O) groups excluding carboxylic acids is 1. The molecule has 0 atom stereocenters. The van der Waals surface area contributed by atoms with Crippen molar-refractivity contribution in [2.45, 2.75) is 51.1 Å². The highest BCUT2D eigenvalue weighted by atomic mass is 32.2. The summed E-state index contributed by atoms with van der Waals surface area (Å²) in [6, 6.07) is 24.4. The van der Waals surface area contributed by atoms with E-state index in [1.165, 1.54) is 43.2 Å². The molecule has 0 saturated heterocycles. The molecule has 1 fully saturated rings. The van der Waals surface area contributed by atoms with Crippen LogP contribution in [0.1, 0.15) is 65.1 Å². The number of hydrogen-bond donors (Lipinski definition) is 0. The van der Waals surface area contributed by atoms with Gasteiger partial charge in [0.05, 0.1) is 17.5 Å². The van der Waals surface area contributed by atoms with Gasteiger partial charge in [0, 0.05) is 43.8 Å². The van der Waals surface area contributed by atoms with Gasteiger partial charge in [0.25, 0.3) is 0 Å². The second-order valence-electron chi connectivity index (χ2n) is 11.1. The van der Waals surface area contributed by atoms with Crippen molar-refractivity contribution in [2.75, 3.05) is 30.2 Å². The third kappa shape index (κ3) is 7.77. The highest BCUT2D eigenvalue weighted by Gasteiger charge is 2.16. The molecular formula is C33H37N3O4S2. The fraction of sp³-hybridized carbons (Fsp3) is 0.333. The molecule has 0 aliphatic heterocycles. The van der Waals surface area contributed by atoms with E-state index in [1.807, 2.05) is 11.9 Å². The lowest BCUT2D eigenvalue weighted by molar-refractivity contribution is 0.0748. The molecule has 3 aromatic carbocycles. The van der Waals surface area contributed by atoms with Gasteiger partial charge in [0.1, 0.15) is 0 Å². The van der Waals surface area contributed by atoms with Crippen LogP contribution >= 0.6 is 11.3 Å². The minimum atomic E-state index is -3.85. The van der Waals surface area contributed by atoms with Crippen LogP contribution in [0.3, 0.4) is 0 Å². The molecule has 7 nitrogen and oxygen atoms in total. The Morgan fingerprint density at radius 3 is 2.07 bits per heavy atom. The van der Waals surface area contributed by atoms with Gasteiger partial charge in [-0.2, -0.15) is 8.42 Å². The minimum absolute atomic E-state index is 0.185. The molecule has 42 heavy (non-hydrogen) atoms. The second kappa shape index (κ2) is 13.1. The number of hydrogen-bond acceptors (Lipinski definition) is 8. The molecule has 4 aromatic rings. The van der Waals surface area contributed by atoms with Crippen LogP contribution in [0.5, 0.6) is 0 Å². The van der Waals surface area contributed by atoms with Crippen LogP contribution in [0.4, 0.5) is 10.8 Å². The van der Waals surface area contributed by atoms with Gasteiger partial charge < -0.3 is 14.0 Å². The molecule has 9 heteroatoms. The van der Waals surface area contributed by atoms with Gasteiger partial charge in [0.15, 0.2) is 5.13 Å². The van der Waals surface area contributed by atoms with Gasteiger partial charge in [0.2, 0.25) is 0 Å². The number of nitrogens with zero attached hydrogens (tertiary/aromatic N) is 3. The molecular weight excluding hydrogens is 567 g/mol. The van der Waals surface area contributed by atoms with Crippen LogP contribution in [-0.4, -0.2) is 39.7 Å². The maximum Gasteiger partial charge on any atom is 0.353 e. The Morgan fingerprint density at radius 2 is 1.45 bits per heavy atom. The summed E-state index contributed by atoms with van der Waals surface area (Å²) in [6.07, 6.45) is 7.60. The molecule has 0 unspecified atom stereocenters. The Bertz CT molecular complexity index is 1590. The van der Waals surface area contributed by atoms with Crippen LogP contribution in [0.2, 0.25) is 0 Å². The van der Waals surface area contributed by atoms with E-state index in [-0.39, 0.29) is 5.56 Å². The van der Waals surface area contributed by atoms with E-state index in [1.54, 1.807) is 35.6 Å². The summed E-state index contributed by atoms with van der Waals surface area (Å²) in [5, 5.41) is 2.94. The molecule has 0 amide bonds. The van der Waals surface area contributed by atoms with Crippen molar-refractivity contribution in [3.63, 3.8) is 0 Å². The molecule has 0 radical (unpaired) electrons. The topological polar surface area (TPSA) is 79.8 Å². The predicted octanol–water partition coefficient (Wildman–Crippen LogP) is 7.25. The average Bonchev–Trinajstić information content (AvgIpc) is 3.48. The summed E-state index contributed by atoms with van der Waals surface area (Å²) in [4.78, 5) is 21.1. The number of thiazole rings is 1. The van der Waals surface area contributed by atoms with E-state index >= 15 is 0 Å². The minimum Gasteiger partial charge on any atom is -0.370 e. The van der Waals surface area contributed by atoms with Crippen molar-refractivity contribution < 1.29 is 17.4 Å².